The SMILES string of the molecule is CCCCOC(=O)C12CC3CC(CC(C3)C1N)C2. The number of hydrogen-bond acceptors (Lipinski definition) is 3. The van der Waals surface area contributed by atoms with Gasteiger partial charge in [-0.3, -0.25) is 4.79 Å². The molecule has 3 unspecified atom stereocenters. The monoisotopic (exact) mass is 251 g/mol. The van der Waals surface area contributed by atoms with Gasteiger partial charge in [-0.2, -0.15) is 0 Å². The molecule has 2 N–H and O–H groups in total. The van der Waals surface area contributed by atoms with Crippen LogP contribution in [0.15, 0.2) is 0 Å². The largest absolute Gasteiger partial charge is 0.465 e. The van der Waals surface area contributed by atoms with Crippen LogP contribution in [-0.2, 0) is 9.53 Å². The van der Waals surface area contributed by atoms with Crippen molar-refractivity contribution in [2.45, 2.75) is 57.9 Å². The molecular weight excluding hydrogens is 226 g/mol. The van der Waals surface area contributed by atoms with E-state index in [-0.39, 0.29) is 17.4 Å². The van der Waals surface area contributed by atoms with E-state index in [0.29, 0.717) is 12.5 Å². The molecule has 3 atom stereocenters. The van der Waals surface area contributed by atoms with Gasteiger partial charge in [0.1, 0.15) is 0 Å². The van der Waals surface area contributed by atoms with E-state index in [1.807, 2.05) is 0 Å². The number of nitrogens with two attached hydrogens (primary N) is 1. The number of unbranched alkanes of at least 4 members (excludes halogenated alkanes) is 1. The zero-order valence-electron chi connectivity index (χ0n) is 11.4. The fourth-order valence-electron chi connectivity index (χ4n) is 4.84. The lowest BCUT2D eigenvalue weighted by molar-refractivity contribution is -0.175. The van der Waals surface area contributed by atoms with Gasteiger partial charge in [0, 0.05) is 6.04 Å². The first-order valence-corrected chi connectivity index (χ1v) is 7.58. The molecule has 0 aliphatic heterocycles. The third-order valence-electron chi connectivity index (χ3n) is 5.53. The number of carbonyl (C=O) groups excluding carboxylic acids is 1. The van der Waals surface area contributed by atoms with Crippen molar-refractivity contribution in [3.8, 4) is 0 Å². The molecule has 4 rings (SSSR count). The van der Waals surface area contributed by atoms with Crippen molar-refractivity contribution in [2.24, 2.45) is 28.9 Å². The van der Waals surface area contributed by atoms with Crippen molar-refractivity contribution >= 4 is 5.97 Å². The highest BCUT2D eigenvalue weighted by molar-refractivity contribution is 5.78. The Kier molecular flexibility index (Phi) is 3.13. The molecule has 4 bridgehead atoms. The molecule has 0 aromatic carbocycles. The quantitative estimate of drug-likeness (QED) is 0.617. The van der Waals surface area contributed by atoms with Crippen molar-refractivity contribution in [3.63, 3.8) is 0 Å². The lowest BCUT2D eigenvalue weighted by atomic mass is 9.47. The van der Waals surface area contributed by atoms with Crippen LogP contribution < -0.4 is 5.73 Å². The smallest absolute Gasteiger partial charge is 0.313 e. The first-order chi connectivity index (χ1) is 8.65. The van der Waals surface area contributed by atoms with E-state index in [0.717, 1.165) is 37.5 Å². The zero-order chi connectivity index (χ0) is 12.8. The summed E-state index contributed by atoms with van der Waals surface area (Å²) in [4.78, 5) is 12.5. The predicted octanol–water partition coefficient (Wildman–Crippen LogP) is 2.48. The fraction of sp³-hybridized carbons (Fsp3) is 0.933. The summed E-state index contributed by atoms with van der Waals surface area (Å²) in [5.74, 6) is 2.07. The van der Waals surface area contributed by atoms with Crippen LogP contribution in [0, 0.1) is 23.2 Å². The highest BCUT2D eigenvalue weighted by Gasteiger charge is 2.60. The van der Waals surface area contributed by atoms with Gasteiger partial charge in [0.05, 0.1) is 12.0 Å². The molecular formula is C15H25NO2. The second kappa shape index (κ2) is 4.52. The molecule has 4 saturated carbocycles. The van der Waals surface area contributed by atoms with Crippen LogP contribution in [0.4, 0.5) is 0 Å². The average molecular weight is 251 g/mol. The zero-order valence-corrected chi connectivity index (χ0v) is 11.4. The van der Waals surface area contributed by atoms with Gasteiger partial charge in [-0.05, 0) is 56.3 Å². The first-order valence-electron chi connectivity index (χ1n) is 7.58. The van der Waals surface area contributed by atoms with Crippen LogP contribution in [0.5, 0.6) is 0 Å². The number of ether oxygens (including phenoxy) is 1. The Bertz CT molecular complexity index is 327. The van der Waals surface area contributed by atoms with Crippen molar-refractivity contribution in [1.29, 1.82) is 0 Å². The highest BCUT2D eigenvalue weighted by atomic mass is 16.5. The Morgan fingerprint density at radius 1 is 1.28 bits per heavy atom. The summed E-state index contributed by atoms with van der Waals surface area (Å²) in [5, 5.41) is 0. The number of esters is 1. The molecule has 0 saturated heterocycles. The van der Waals surface area contributed by atoms with Gasteiger partial charge in [-0.1, -0.05) is 13.3 Å². The molecule has 102 valence electrons. The van der Waals surface area contributed by atoms with Gasteiger partial charge in [0.15, 0.2) is 0 Å². The fourth-order valence-corrected chi connectivity index (χ4v) is 4.84. The van der Waals surface area contributed by atoms with Crippen LogP contribution in [0.2, 0.25) is 0 Å². The van der Waals surface area contributed by atoms with Crippen LogP contribution in [0.25, 0.3) is 0 Å². The van der Waals surface area contributed by atoms with Crippen LogP contribution in [0.3, 0.4) is 0 Å². The predicted molar refractivity (Wildman–Crippen MR) is 69.8 cm³/mol. The molecule has 18 heavy (non-hydrogen) atoms. The molecule has 0 amide bonds. The molecule has 0 aromatic heterocycles. The Labute approximate surface area is 109 Å². The standard InChI is InChI=1S/C15H25NO2/c1-2-3-4-18-14(17)15-8-10-5-11(9-15)7-12(6-10)13(15)16/h10-13H,2-9,16H2,1H3. The Balaban J connectivity index is 1.74. The Hall–Kier alpha value is -0.570. The third kappa shape index (κ3) is 1.78. The number of rotatable bonds is 4. The summed E-state index contributed by atoms with van der Waals surface area (Å²) in [7, 11) is 0. The lowest BCUT2D eigenvalue weighted by Gasteiger charge is -2.58. The molecule has 0 spiro atoms. The Morgan fingerprint density at radius 3 is 2.56 bits per heavy atom. The molecule has 0 radical (unpaired) electrons. The summed E-state index contributed by atoms with van der Waals surface area (Å²) < 4.78 is 5.52. The maximum Gasteiger partial charge on any atom is 0.313 e. The van der Waals surface area contributed by atoms with Crippen molar-refractivity contribution in [1.82, 2.24) is 0 Å². The second-order valence-corrected chi connectivity index (χ2v) is 6.78. The van der Waals surface area contributed by atoms with E-state index in [9.17, 15) is 4.79 Å². The highest BCUT2D eigenvalue weighted by Crippen LogP contribution is 2.59. The molecule has 0 heterocycles. The number of carbonyl (C=O) groups is 1. The van der Waals surface area contributed by atoms with Gasteiger partial charge >= 0.3 is 5.97 Å². The van der Waals surface area contributed by atoms with Gasteiger partial charge in [0.2, 0.25) is 0 Å². The average Bonchev–Trinajstić information content (AvgIpc) is 2.35. The molecule has 3 heteroatoms. The lowest BCUT2D eigenvalue weighted by Crippen LogP contribution is -2.63. The van der Waals surface area contributed by atoms with Crippen LogP contribution in [-0.4, -0.2) is 18.6 Å². The second-order valence-electron chi connectivity index (χ2n) is 6.78. The van der Waals surface area contributed by atoms with Gasteiger partial charge in [-0.15, -0.1) is 0 Å². The minimum Gasteiger partial charge on any atom is -0.465 e. The van der Waals surface area contributed by atoms with Crippen LogP contribution >= 0.6 is 0 Å². The third-order valence-corrected chi connectivity index (χ3v) is 5.53. The van der Waals surface area contributed by atoms with Crippen molar-refractivity contribution in [3.05, 3.63) is 0 Å². The summed E-state index contributed by atoms with van der Waals surface area (Å²) in [6.45, 7) is 2.69. The molecule has 3 nitrogen and oxygen atoms in total. The topological polar surface area (TPSA) is 52.3 Å². The molecule has 4 aliphatic rings. The molecule has 4 fully saturated rings. The summed E-state index contributed by atoms with van der Waals surface area (Å²) in [6, 6.07) is 0.0550. The molecule has 0 aromatic rings. The summed E-state index contributed by atoms with van der Waals surface area (Å²) in [6.07, 6.45) is 7.85. The van der Waals surface area contributed by atoms with Gasteiger partial charge < -0.3 is 10.5 Å². The summed E-state index contributed by atoms with van der Waals surface area (Å²) in [5.41, 5.74) is 6.09. The normalized spacial score (nSPS) is 45.2. The Morgan fingerprint density at radius 2 is 1.94 bits per heavy atom. The molecule has 4 aliphatic carbocycles. The van der Waals surface area contributed by atoms with E-state index < -0.39 is 0 Å². The van der Waals surface area contributed by atoms with E-state index in [1.54, 1.807) is 0 Å². The van der Waals surface area contributed by atoms with Crippen LogP contribution in [0.1, 0.15) is 51.9 Å². The van der Waals surface area contributed by atoms with Crippen molar-refractivity contribution < 1.29 is 9.53 Å². The van der Waals surface area contributed by atoms with E-state index >= 15 is 0 Å². The van der Waals surface area contributed by atoms with Gasteiger partial charge in [0.25, 0.3) is 0 Å². The van der Waals surface area contributed by atoms with Crippen molar-refractivity contribution in [2.75, 3.05) is 6.61 Å². The maximum absolute atomic E-state index is 12.5. The number of hydrogen-bond donors (Lipinski definition) is 1. The minimum absolute atomic E-state index is 0.0162. The first kappa shape index (κ1) is 12.5. The maximum atomic E-state index is 12.5. The van der Waals surface area contributed by atoms with E-state index in [4.69, 9.17) is 10.5 Å². The van der Waals surface area contributed by atoms with E-state index in [1.165, 1.54) is 19.3 Å². The van der Waals surface area contributed by atoms with Gasteiger partial charge in [-0.25, -0.2) is 0 Å². The van der Waals surface area contributed by atoms with E-state index in [2.05, 4.69) is 6.92 Å². The summed E-state index contributed by atoms with van der Waals surface area (Å²) >= 11 is 0. The minimum atomic E-state index is -0.317.